The molecule has 78 valence electrons. The number of fused-ring (bicyclic) bond motifs is 1. The first kappa shape index (κ1) is 10.2. The predicted molar refractivity (Wildman–Crippen MR) is 65.3 cm³/mol. The van der Waals surface area contributed by atoms with Crippen LogP contribution >= 0.6 is 0 Å². The number of hydrogen-bond acceptors (Lipinski definition) is 1. The van der Waals surface area contributed by atoms with Crippen LogP contribution in [0.1, 0.15) is 36.6 Å². The van der Waals surface area contributed by atoms with Gasteiger partial charge in [0, 0.05) is 11.1 Å². The van der Waals surface area contributed by atoms with E-state index in [2.05, 4.69) is 50.0 Å². The molecule has 0 N–H and O–H groups in total. The van der Waals surface area contributed by atoms with Crippen LogP contribution in [0.15, 0.2) is 24.3 Å². The van der Waals surface area contributed by atoms with E-state index in [9.17, 15) is 0 Å². The molecule has 0 unspecified atom stereocenters. The quantitative estimate of drug-likeness (QED) is 0.677. The maximum Gasteiger partial charge on any atom is 0.0708 e. The molecule has 0 aliphatic rings. The normalized spacial score (nSPS) is 11.3. The summed E-state index contributed by atoms with van der Waals surface area (Å²) >= 11 is 0. The smallest absolute Gasteiger partial charge is 0.0708 e. The van der Waals surface area contributed by atoms with Crippen LogP contribution in [0.3, 0.4) is 0 Å². The van der Waals surface area contributed by atoms with Gasteiger partial charge >= 0.3 is 0 Å². The molecule has 0 atom stereocenters. The molecule has 1 aromatic heterocycles. The molecule has 0 bridgehead atoms. The second-order valence-electron chi connectivity index (χ2n) is 4.45. The molecule has 0 saturated heterocycles. The van der Waals surface area contributed by atoms with Crippen LogP contribution in [0.2, 0.25) is 0 Å². The third-order valence-electron chi connectivity index (χ3n) is 2.94. The fourth-order valence-corrected chi connectivity index (χ4v) is 2.10. The zero-order chi connectivity index (χ0) is 11.0. The van der Waals surface area contributed by atoms with Crippen LogP contribution in [0.4, 0.5) is 0 Å². The van der Waals surface area contributed by atoms with Crippen LogP contribution in [0.25, 0.3) is 10.9 Å². The van der Waals surface area contributed by atoms with E-state index in [4.69, 9.17) is 0 Å². The molecule has 1 heteroatoms. The Hall–Kier alpha value is -1.37. The largest absolute Gasteiger partial charge is 0.253 e. The van der Waals surface area contributed by atoms with Gasteiger partial charge in [-0.05, 0) is 43.0 Å². The lowest BCUT2D eigenvalue weighted by atomic mass is 9.95. The van der Waals surface area contributed by atoms with Crippen molar-refractivity contribution >= 4 is 10.9 Å². The molecule has 0 aliphatic carbocycles. The van der Waals surface area contributed by atoms with Gasteiger partial charge in [0.05, 0.1) is 5.52 Å². The van der Waals surface area contributed by atoms with Crippen molar-refractivity contribution in [2.75, 3.05) is 0 Å². The minimum absolute atomic E-state index is 0.579. The molecule has 1 aromatic carbocycles. The molecule has 0 radical (unpaired) electrons. The Labute approximate surface area is 91.2 Å². The minimum Gasteiger partial charge on any atom is -0.253 e. The second kappa shape index (κ2) is 3.65. The average Bonchev–Trinajstić information content (AvgIpc) is 2.17. The van der Waals surface area contributed by atoms with E-state index >= 15 is 0 Å². The number of rotatable bonds is 1. The lowest BCUT2D eigenvalue weighted by Gasteiger charge is -2.12. The molecule has 2 rings (SSSR count). The topological polar surface area (TPSA) is 12.9 Å². The third-order valence-corrected chi connectivity index (χ3v) is 2.94. The number of aromatic nitrogens is 1. The highest BCUT2D eigenvalue weighted by atomic mass is 14.7. The second-order valence-corrected chi connectivity index (χ2v) is 4.45. The Balaban J connectivity index is 2.74. The summed E-state index contributed by atoms with van der Waals surface area (Å²) < 4.78 is 0. The number of benzene rings is 1. The van der Waals surface area contributed by atoms with Crippen molar-refractivity contribution in [2.45, 2.75) is 33.6 Å². The van der Waals surface area contributed by atoms with Crippen LogP contribution in [-0.4, -0.2) is 4.98 Å². The third kappa shape index (κ3) is 1.74. The van der Waals surface area contributed by atoms with Crippen molar-refractivity contribution in [1.29, 1.82) is 0 Å². The van der Waals surface area contributed by atoms with Gasteiger partial charge in [-0.3, -0.25) is 4.98 Å². The van der Waals surface area contributed by atoms with Crippen molar-refractivity contribution in [3.8, 4) is 0 Å². The molecule has 15 heavy (non-hydrogen) atoms. The molecule has 0 amide bonds. The molecular formula is C14H17N. The van der Waals surface area contributed by atoms with Crippen molar-refractivity contribution in [2.24, 2.45) is 0 Å². The van der Waals surface area contributed by atoms with Crippen molar-refractivity contribution in [1.82, 2.24) is 4.98 Å². The highest BCUT2D eigenvalue weighted by Gasteiger charge is 2.07. The summed E-state index contributed by atoms with van der Waals surface area (Å²) in [6.07, 6.45) is 0. The van der Waals surface area contributed by atoms with E-state index in [0.29, 0.717) is 5.92 Å². The van der Waals surface area contributed by atoms with Gasteiger partial charge in [0.25, 0.3) is 0 Å². The highest BCUT2D eigenvalue weighted by Crippen LogP contribution is 2.25. The zero-order valence-corrected chi connectivity index (χ0v) is 9.83. The molecule has 0 fully saturated rings. The number of aryl methyl sites for hydroxylation is 2. The maximum absolute atomic E-state index is 4.54. The van der Waals surface area contributed by atoms with Crippen LogP contribution < -0.4 is 0 Å². The van der Waals surface area contributed by atoms with Gasteiger partial charge in [0.15, 0.2) is 0 Å². The number of hydrogen-bond donors (Lipinski definition) is 0. The number of pyridine rings is 1. The number of nitrogens with zero attached hydrogens (tertiary/aromatic N) is 1. The first-order valence-corrected chi connectivity index (χ1v) is 5.46. The van der Waals surface area contributed by atoms with Crippen molar-refractivity contribution < 1.29 is 0 Å². The maximum atomic E-state index is 4.54. The summed E-state index contributed by atoms with van der Waals surface area (Å²) in [5, 5.41) is 1.28. The molecule has 0 saturated carbocycles. The van der Waals surface area contributed by atoms with Gasteiger partial charge in [-0.1, -0.05) is 26.0 Å². The fraction of sp³-hybridized carbons (Fsp3) is 0.357. The summed E-state index contributed by atoms with van der Waals surface area (Å²) in [6, 6.07) is 8.60. The van der Waals surface area contributed by atoms with Crippen molar-refractivity contribution in [3.05, 3.63) is 41.1 Å². The lowest BCUT2D eigenvalue weighted by molar-refractivity contribution is 0.859. The molecule has 1 nitrogen and oxygen atoms in total. The van der Waals surface area contributed by atoms with E-state index in [1.165, 1.54) is 16.5 Å². The van der Waals surface area contributed by atoms with E-state index in [-0.39, 0.29) is 0 Å². The van der Waals surface area contributed by atoms with E-state index < -0.39 is 0 Å². The summed E-state index contributed by atoms with van der Waals surface area (Å²) in [6.45, 7) is 8.69. The Kier molecular flexibility index (Phi) is 2.47. The summed E-state index contributed by atoms with van der Waals surface area (Å²) in [5.41, 5.74) is 4.99. The van der Waals surface area contributed by atoms with Gasteiger partial charge in [-0.2, -0.15) is 0 Å². The van der Waals surface area contributed by atoms with E-state index in [0.717, 1.165) is 11.2 Å². The molecule has 2 aromatic rings. The SMILES string of the molecule is Cc1ccc2c(C)c(C(C)C)ccc2n1. The molecule has 0 aliphatic heterocycles. The fourth-order valence-electron chi connectivity index (χ4n) is 2.10. The van der Waals surface area contributed by atoms with Crippen molar-refractivity contribution in [3.63, 3.8) is 0 Å². The van der Waals surface area contributed by atoms with Crippen LogP contribution in [0, 0.1) is 13.8 Å². The standard InChI is InChI=1S/C14H17N/c1-9(2)12-7-8-14-13(11(12)4)6-5-10(3)15-14/h5-9H,1-4H3. The Bertz CT molecular complexity index is 498. The van der Waals surface area contributed by atoms with Gasteiger partial charge in [-0.25, -0.2) is 0 Å². The van der Waals surface area contributed by atoms with Crippen LogP contribution in [0.5, 0.6) is 0 Å². The highest BCUT2D eigenvalue weighted by molar-refractivity contribution is 5.83. The first-order valence-electron chi connectivity index (χ1n) is 5.46. The summed E-state index contributed by atoms with van der Waals surface area (Å²) in [4.78, 5) is 4.54. The van der Waals surface area contributed by atoms with Gasteiger partial charge in [0.1, 0.15) is 0 Å². The van der Waals surface area contributed by atoms with Gasteiger partial charge in [-0.15, -0.1) is 0 Å². The Morgan fingerprint density at radius 1 is 1.00 bits per heavy atom. The predicted octanol–water partition coefficient (Wildman–Crippen LogP) is 3.98. The van der Waals surface area contributed by atoms with Crippen LogP contribution in [-0.2, 0) is 0 Å². The summed E-state index contributed by atoms with van der Waals surface area (Å²) in [5.74, 6) is 0.579. The van der Waals surface area contributed by atoms with Gasteiger partial charge in [0.2, 0.25) is 0 Å². The minimum atomic E-state index is 0.579. The molecule has 1 heterocycles. The van der Waals surface area contributed by atoms with E-state index in [1.807, 2.05) is 6.92 Å². The zero-order valence-electron chi connectivity index (χ0n) is 9.83. The lowest BCUT2D eigenvalue weighted by Crippen LogP contribution is -1.94. The Morgan fingerprint density at radius 3 is 2.40 bits per heavy atom. The molecular weight excluding hydrogens is 182 g/mol. The first-order chi connectivity index (χ1) is 7.09. The average molecular weight is 199 g/mol. The monoisotopic (exact) mass is 199 g/mol. The Morgan fingerprint density at radius 2 is 1.73 bits per heavy atom. The van der Waals surface area contributed by atoms with Gasteiger partial charge < -0.3 is 0 Å². The van der Waals surface area contributed by atoms with E-state index in [1.54, 1.807) is 0 Å². The molecule has 0 spiro atoms. The summed E-state index contributed by atoms with van der Waals surface area (Å²) in [7, 11) is 0.